The molecule has 0 bridgehead atoms. The highest BCUT2D eigenvalue weighted by molar-refractivity contribution is 5.07. The minimum atomic E-state index is -0.107. The largest absolute Gasteiger partial charge is 0.336 e. The van der Waals surface area contributed by atoms with Gasteiger partial charge in [-0.15, -0.1) is 0 Å². The summed E-state index contributed by atoms with van der Waals surface area (Å²) in [7, 11) is 1.94. The van der Waals surface area contributed by atoms with Crippen LogP contribution in [0.15, 0.2) is 18.9 Å². The van der Waals surface area contributed by atoms with Gasteiger partial charge in [0.05, 0.1) is 18.1 Å². The van der Waals surface area contributed by atoms with Crippen molar-refractivity contribution in [1.29, 1.82) is 0 Å². The first-order valence-corrected chi connectivity index (χ1v) is 5.69. The Balaban J connectivity index is 2.16. The van der Waals surface area contributed by atoms with Gasteiger partial charge < -0.3 is 10.3 Å². The zero-order valence-electron chi connectivity index (χ0n) is 10.4. The van der Waals surface area contributed by atoms with Crippen molar-refractivity contribution >= 4 is 0 Å². The maximum atomic E-state index is 6.16. The van der Waals surface area contributed by atoms with Gasteiger partial charge in [-0.3, -0.25) is 0 Å². The van der Waals surface area contributed by atoms with Gasteiger partial charge >= 0.3 is 0 Å². The average molecular weight is 234 g/mol. The van der Waals surface area contributed by atoms with Crippen LogP contribution in [0.4, 0.5) is 0 Å². The first kappa shape index (κ1) is 11.8. The van der Waals surface area contributed by atoms with Gasteiger partial charge in [0.1, 0.15) is 12.2 Å². The predicted octanol–water partition coefficient (Wildman–Crippen LogP) is 0.835. The fourth-order valence-corrected chi connectivity index (χ4v) is 1.88. The Morgan fingerprint density at radius 3 is 2.76 bits per heavy atom. The Morgan fingerprint density at radius 1 is 1.41 bits per heavy atom. The third kappa shape index (κ3) is 2.36. The summed E-state index contributed by atoms with van der Waals surface area (Å²) in [5, 5.41) is 4.20. The van der Waals surface area contributed by atoms with Crippen molar-refractivity contribution in [2.75, 3.05) is 0 Å². The number of hydrogen-bond acceptors (Lipinski definition) is 4. The Hall–Kier alpha value is -1.69. The number of imidazole rings is 1. The van der Waals surface area contributed by atoms with Gasteiger partial charge in [0.15, 0.2) is 0 Å². The van der Waals surface area contributed by atoms with Crippen molar-refractivity contribution in [2.45, 2.75) is 32.4 Å². The van der Waals surface area contributed by atoms with Gasteiger partial charge in [-0.1, -0.05) is 0 Å². The summed E-state index contributed by atoms with van der Waals surface area (Å²) in [6, 6.07) is 0.190. The lowest BCUT2D eigenvalue weighted by Crippen LogP contribution is -2.20. The van der Waals surface area contributed by atoms with Crippen LogP contribution in [0.25, 0.3) is 0 Å². The van der Waals surface area contributed by atoms with Crippen LogP contribution in [-0.4, -0.2) is 24.3 Å². The van der Waals surface area contributed by atoms with Crippen molar-refractivity contribution < 1.29 is 0 Å². The smallest absolute Gasteiger partial charge is 0.138 e. The van der Waals surface area contributed by atoms with E-state index in [9.17, 15) is 0 Å². The Bertz CT molecular complexity index is 484. The summed E-state index contributed by atoms with van der Waals surface area (Å²) >= 11 is 0. The molecule has 0 saturated heterocycles. The van der Waals surface area contributed by atoms with E-state index in [0.29, 0.717) is 12.5 Å². The van der Waals surface area contributed by atoms with E-state index >= 15 is 0 Å². The second kappa shape index (κ2) is 4.67. The maximum Gasteiger partial charge on any atom is 0.138 e. The zero-order chi connectivity index (χ0) is 12.4. The lowest BCUT2D eigenvalue weighted by Gasteiger charge is -2.14. The van der Waals surface area contributed by atoms with Crippen molar-refractivity contribution in [3.63, 3.8) is 0 Å². The van der Waals surface area contributed by atoms with E-state index in [-0.39, 0.29) is 6.04 Å². The lowest BCUT2D eigenvalue weighted by molar-refractivity contribution is 0.489. The Morgan fingerprint density at radius 2 is 2.18 bits per heavy atom. The minimum Gasteiger partial charge on any atom is -0.336 e. The molecule has 1 unspecified atom stereocenters. The zero-order valence-corrected chi connectivity index (χ0v) is 10.4. The molecule has 0 amide bonds. The second-order valence-corrected chi connectivity index (χ2v) is 4.45. The standard InChI is InChI=1S/C11H18N6/c1-8(2)17-11(14-6-15-17)4-9(12)10-5-13-7-16(10)3/h5-9H,4,12H2,1-3H3. The summed E-state index contributed by atoms with van der Waals surface area (Å²) in [4.78, 5) is 8.33. The topological polar surface area (TPSA) is 74.6 Å². The fourth-order valence-electron chi connectivity index (χ4n) is 1.88. The van der Waals surface area contributed by atoms with Crippen LogP contribution in [0.1, 0.15) is 37.4 Å². The maximum absolute atomic E-state index is 6.16. The van der Waals surface area contributed by atoms with Crippen LogP contribution in [0.5, 0.6) is 0 Å². The molecule has 0 aliphatic carbocycles. The van der Waals surface area contributed by atoms with Gasteiger partial charge in [-0.05, 0) is 13.8 Å². The van der Waals surface area contributed by atoms with Gasteiger partial charge in [0.25, 0.3) is 0 Å². The van der Waals surface area contributed by atoms with Crippen LogP contribution < -0.4 is 5.73 Å². The molecular weight excluding hydrogens is 216 g/mol. The van der Waals surface area contributed by atoms with Crippen LogP contribution in [0.2, 0.25) is 0 Å². The average Bonchev–Trinajstić information content (AvgIpc) is 2.86. The van der Waals surface area contributed by atoms with Crippen molar-refractivity contribution in [3.05, 3.63) is 30.4 Å². The quantitative estimate of drug-likeness (QED) is 0.850. The van der Waals surface area contributed by atoms with Crippen LogP contribution in [0, 0.1) is 0 Å². The fraction of sp³-hybridized carbons (Fsp3) is 0.545. The summed E-state index contributed by atoms with van der Waals surface area (Å²) in [5.41, 5.74) is 7.16. The highest BCUT2D eigenvalue weighted by atomic mass is 15.3. The highest BCUT2D eigenvalue weighted by Crippen LogP contribution is 2.15. The third-order valence-corrected chi connectivity index (χ3v) is 2.77. The van der Waals surface area contributed by atoms with Gasteiger partial charge in [-0.2, -0.15) is 5.10 Å². The Kier molecular flexibility index (Phi) is 3.23. The molecule has 6 nitrogen and oxygen atoms in total. The molecule has 1 atom stereocenters. The molecule has 0 spiro atoms. The van der Waals surface area contributed by atoms with Crippen LogP contribution in [-0.2, 0) is 13.5 Å². The molecule has 2 aromatic rings. The molecular formula is C11H18N6. The molecule has 6 heteroatoms. The molecule has 0 aliphatic heterocycles. The van der Waals surface area contributed by atoms with Crippen LogP contribution in [0.3, 0.4) is 0 Å². The van der Waals surface area contributed by atoms with Gasteiger partial charge in [0.2, 0.25) is 0 Å². The monoisotopic (exact) mass is 234 g/mol. The summed E-state index contributed by atoms with van der Waals surface area (Å²) in [6.07, 6.45) is 5.78. The second-order valence-electron chi connectivity index (χ2n) is 4.45. The minimum absolute atomic E-state index is 0.107. The normalized spacial score (nSPS) is 13.2. The SMILES string of the molecule is CC(C)n1ncnc1CC(N)c1cncn1C. The lowest BCUT2D eigenvalue weighted by atomic mass is 10.1. The molecule has 0 saturated carbocycles. The number of nitrogens with two attached hydrogens (primary N) is 1. The number of nitrogens with zero attached hydrogens (tertiary/aromatic N) is 5. The molecule has 2 aromatic heterocycles. The Labute approximate surface area is 100 Å². The van der Waals surface area contributed by atoms with Gasteiger partial charge in [0, 0.05) is 25.7 Å². The highest BCUT2D eigenvalue weighted by Gasteiger charge is 2.15. The van der Waals surface area contributed by atoms with E-state index in [4.69, 9.17) is 5.73 Å². The first-order valence-electron chi connectivity index (χ1n) is 5.69. The van der Waals surface area contributed by atoms with E-state index in [1.807, 2.05) is 16.3 Å². The van der Waals surface area contributed by atoms with E-state index in [1.165, 1.54) is 0 Å². The molecule has 0 aromatic carbocycles. The summed E-state index contributed by atoms with van der Waals surface area (Å²) in [5.74, 6) is 0.911. The molecule has 0 aliphatic rings. The molecule has 2 N–H and O–H groups in total. The summed E-state index contributed by atoms with van der Waals surface area (Å²) in [6.45, 7) is 4.15. The molecule has 0 fully saturated rings. The molecule has 0 radical (unpaired) electrons. The van der Waals surface area contributed by atoms with E-state index in [2.05, 4.69) is 28.9 Å². The first-order chi connectivity index (χ1) is 8.09. The number of hydrogen-bond donors (Lipinski definition) is 1. The van der Waals surface area contributed by atoms with Gasteiger partial charge in [-0.25, -0.2) is 14.6 Å². The van der Waals surface area contributed by atoms with Crippen LogP contribution >= 0.6 is 0 Å². The van der Waals surface area contributed by atoms with E-state index < -0.39 is 0 Å². The van der Waals surface area contributed by atoms with Crippen molar-refractivity contribution in [2.24, 2.45) is 12.8 Å². The molecule has 2 heterocycles. The van der Waals surface area contributed by atoms with E-state index in [1.54, 1.807) is 18.9 Å². The van der Waals surface area contributed by atoms with E-state index in [0.717, 1.165) is 11.5 Å². The number of aryl methyl sites for hydroxylation is 1. The third-order valence-electron chi connectivity index (χ3n) is 2.77. The molecule has 17 heavy (non-hydrogen) atoms. The predicted molar refractivity (Wildman–Crippen MR) is 64.2 cm³/mol. The number of aromatic nitrogens is 5. The van der Waals surface area contributed by atoms with Crippen molar-refractivity contribution in [3.8, 4) is 0 Å². The van der Waals surface area contributed by atoms with Crippen molar-refractivity contribution in [1.82, 2.24) is 24.3 Å². The molecule has 2 rings (SSSR count). The number of rotatable bonds is 4. The summed E-state index contributed by atoms with van der Waals surface area (Å²) < 4.78 is 3.83. The molecule has 92 valence electrons.